The van der Waals surface area contributed by atoms with Crippen molar-refractivity contribution >= 4 is 17.7 Å². The number of hydrogen-bond acceptors (Lipinski definition) is 5. The molecule has 3 heterocycles. The Morgan fingerprint density at radius 3 is 2.47 bits per heavy atom. The smallest absolute Gasteiger partial charge is 0.191 e. The van der Waals surface area contributed by atoms with Gasteiger partial charge in [-0.15, -0.1) is 0 Å². The molecule has 0 amide bonds. The standard InChI is InChI=1S/C23H37N5OS/c1-24-22(26-18-23(8-15-30-19-23)28-11-13-29-14-12-28)25-16-20-4-6-21(7-5-20)17-27-9-2-3-10-27/h4-7H,2-3,8-19H2,1H3,(H2,24,25,26). The number of benzene rings is 1. The summed E-state index contributed by atoms with van der Waals surface area (Å²) in [7, 11) is 1.86. The number of aliphatic imine (C=N–C) groups is 1. The van der Waals surface area contributed by atoms with Crippen LogP contribution >= 0.6 is 11.8 Å². The molecular weight excluding hydrogens is 394 g/mol. The van der Waals surface area contributed by atoms with E-state index in [2.05, 4.69) is 61.5 Å². The molecule has 3 aliphatic rings. The molecule has 1 unspecified atom stereocenters. The topological polar surface area (TPSA) is 52.1 Å². The zero-order valence-electron chi connectivity index (χ0n) is 18.4. The zero-order valence-corrected chi connectivity index (χ0v) is 19.2. The molecule has 3 fully saturated rings. The van der Waals surface area contributed by atoms with E-state index in [0.29, 0.717) is 0 Å². The van der Waals surface area contributed by atoms with Crippen LogP contribution < -0.4 is 10.6 Å². The average Bonchev–Trinajstić information content (AvgIpc) is 3.48. The lowest BCUT2D eigenvalue weighted by Gasteiger charge is -2.43. The van der Waals surface area contributed by atoms with Crippen molar-refractivity contribution in [2.45, 2.75) is 37.9 Å². The number of thioether (sulfide) groups is 1. The molecule has 3 aliphatic heterocycles. The van der Waals surface area contributed by atoms with Crippen LogP contribution in [-0.2, 0) is 17.8 Å². The molecule has 6 nitrogen and oxygen atoms in total. The van der Waals surface area contributed by atoms with Gasteiger partial charge in [0.25, 0.3) is 0 Å². The second-order valence-electron chi connectivity index (χ2n) is 8.71. The van der Waals surface area contributed by atoms with Crippen LogP contribution in [0.4, 0.5) is 0 Å². The van der Waals surface area contributed by atoms with E-state index in [0.717, 1.165) is 51.9 Å². The van der Waals surface area contributed by atoms with Crippen molar-refractivity contribution in [3.05, 3.63) is 35.4 Å². The first-order valence-corrected chi connectivity index (χ1v) is 12.6. The van der Waals surface area contributed by atoms with E-state index in [-0.39, 0.29) is 5.54 Å². The van der Waals surface area contributed by atoms with Crippen LogP contribution in [0.5, 0.6) is 0 Å². The summed E-state index contributed by atoms with van der Waals surface area (Å²) in [6, 6.07) is 9.03. The molecule has 166 valence electrons. The molecule has 2 N–H and O–H groups in total. The molecule has 1 aromatic rings. The summed E-state index contributed by atoms with van der Waals surface area (Å²) in [5, 5.41) is 7.12. The summed E-state index contributed by atoms with van der Waals surface area (Å²) in [6.45, 7) is 9.10. The minimum absolute atomic E-state index is 0.225. The molecule has 4 rings (SSSR count). The first-order valence-electron chi connectivity index (χ1n) is 11.4. The van der Waals surface area contributed by atoms with Gasteiger partial charge in [-0.1, -0.05) is 24.3 Å². The fourth-order valence-electron chi connectivity index (χ4n) is 4.75. The van der Waals surface area contributed by atoms with Crippen LogP contribution in [0.1, 0.15) is 30.4 Å². The van der Waals surface area contributed by atoms with E-state index in [4.69, 9.17) is 4.74 Å². The van der Waals surface area contributed by atoms with E-state index >= 15 is 0 Å². The van der Waals surface area contributed by atoms with Crippen molar-refractivity contribution in [2.24, 2.45) is 4.99 Å². The minimum Gasteiger partial charge on any atom is -0.379 e. The Kier molecular flexibility index (Phi) is 7.93. The van der Waals surface area contributed by atoms with Gasteiger partial charge in [-0.25, -0.2) is 0 Å². The maximum absolute atomic E-state index is 5.58. The lowest BCUT2D eigenvalue weighted by Crippen LogP contribution is -2.60. The highest BCUT2D eigenvalue weighted by molar-refractivity contribution is 7.99. The molecule has 30 heavy (non-hydrogen) atoms. The number of nitrogens with one attached hydrogen (secondary N) is 2. The molecule has 1 atom stereocenters. The highest BCUT2D eigenvalue weighted by atomic mass is 32.2. The van der Waals surface area contributed by atoms with E-state index in [1.54, 1.807) is 0 Å². The number of likely N-dealkylation sites (tertiary alicyclic amines) is 1. The Balaban J connectivity index is 1.26. The quantitative estimate of drug-likeness (QED) is 0.510. The molecule has 0 spiro atoms. The fraction of sp³-hybridized carbons (Fsp3) is 0.696. The Morgan fingerprint density at radius 2 is 1.80 bits per heavy atom. The maximum atomic E-state index is 5.58. The summed E-state index contributed by atoms with van der Waals surface area (Å²) in [6.07, 6.45) is 3.93. The Hall–Kier alpha value is -1.28. The van der Waals surface area contributed by atoms with E-state index < -0.39 is 0 Å². The minimum atomic E-state index is 0.225. The van der Waals surface area contributed by atoms with E-state index in [1.807, 2.05) is 7.05 Å². The van der Waals surface area contributed by atoms with Gasteiger partial charge in [-0.05, 0) is 49.2 Å². The van der Waals surface area contributed by atoms with Crippen molar-refractivity contribution in [1.29, 1.82) is 0 Å². The van der Waals surface area contributed by atoms with Crippen LogP contribution in [0.2, 0.25) is 0 Å². The van der Waals surface area contributed by atoms with Gasteiger partial charge in [-0.2, -0.15) is 11.8 Å². The molecule has 3 saturated heterocycles. The third-order valence-corrected chi connectivity index (χ3v) is 7.89. The molecule has 0 aromatic heterocycles. The summed E-state index contributed by atoms with van der Waals surface area (Å²) in [4.78, 5) is 9.65. The van der Waals surface area contributed by atoms with E-state index in [1.165, 1.54) is 55.0 Å². The monoisotopic (exact) mass is 431 g/mol. The third kappa shape index (κ3) is 5.69. The molecular formula is C23H37N5OS. The normalized spacial score (nSPS) is 26.2. The van der Waals surface area contributed by atoms with Gasteiger partial charge in [0, 0.05) is 51.1 Å². The fourth-order valence-corrected chi connectivity index (χ4v) is 6.23. The van der Waals surface area contributed by atoms with Gasteiger partial charge >= 0.3 is 0 Å². The SMILES string of the molecule is CN=C(NCc1ccc(CN2CCCC2)cc1)NCC1(N2CCOCC2)CCSC1. The van der Waals surface area contributed by atoms with Crippen LogP contribution in [-0.4, -0.2) is 85.8 Å². The third-order valence-electron chi connectivity index (χ3n) is 6.66. The van der Waals surface area contributed by atoms with Gasteiger partial charge in [0.2, 0.25) is 0 Å². The van der Waals surface area contributed by atoms with Gasteiger partial charge in [0.05, 0.1) is 13.2 Å². The van der Waals surface area contributed by atoms with Crippen LogP contribution in [0, 0.1) is 0 Å². The van der Waals surface area contributed by atoms with Crippen LogP contribution in [0.15, 0.2) is 29.3 Å². The summed E-state index contributed by atoms with van der Waals surface area (Å²) < 4.78 is 5.58. The van der Waals surface area contributed by atoms with Crippen molar-refractivity contribution in [2.75, 3.05) is 64.5 Å². The van der Waals surface area contributed by atoms with Crippen LogP contribution in [0.3, 0.4) is 0 Å². The molecule has 7 heteroatoms. The number of ether oxygens (including phenoxy) is 1. The van der Waals surface area contributed by atoms with Gasteiger partial charge in [0.15, 0.2) is 5.96 Å². The lowest BCUT2D eigenvalue weighted by molar-refractivity contribution is -0.0120. The Morgan fingerprint density at radius 1 is 1.07 bits per heavy atom. The molecule has 0 saturated carbocycles. The summed E-state index contributed by atoms with van der Waals surface area (Å²) in [5.74, 6) is 3.32. The summed E-state index contributed by atoms with van der Waals surface area (Å²) >= 11 is 2.07. The van der Waals surface area contributed by atoms with Crippen molar-refractivity contribution in [1.82, 2.24) is 20.4 Å². The van der Waals surface area contributed by atoms with Gasteiger partial charge < -0.3 is 15.4 Å². The van der Waals surface area contributed by atoms with Crippen molar-refractivity contribution in [3.63, 3.8) is 0 Å². The molecule has 0 radical (unpaired) electrons. The average molecular weight is 432 g/mol. The predicted molar refractivity (Wildman–Crippen MR) is 126 cm³/mol. The number of hydrogen-bond donors (Lipinski definition) is 2. The lowest BCUT2D eigenvalue weighted by atomic mass is 9.95. The van der Waals surface area contributed by atoms with Crippen LogP contribution in [0.25, 0.3) is 0 Å². The summed E-state index contributed by atoms with van der Waals surface area (Å²) in [5.41, 5.74) is 2.93. The highest BCUT2D eigenvalue weighted by Gasteiger charge is 2.40. The van der Waals surface area contributed by atoms with Gasteiger partial charge in [-0.3, -0.25) is 14.8 Å². The largest absolute Gasteiger partial charge is 0.379 e. The number of rotatable bonds is 7. The van der Waals surface area contributed by atoms with Crippen molar-refractivity contribution in [3.8, 4) is 0 Å². The first kappa shape index (κ1) is 21.9. The van der Waals surface area contributed by atoms with Crippen molar-refractivity contribution < 1.29 is 4.74 Å². The molecule has 0 aliphatic carbocycles. The number of guanidine groups is 1. The zero-order chi connectivity index (χ0) is 20.7. The number of nitrogens with zero attached hydrogens (tertiary/aromatic N) is 3. The Labute approximate surface area is 185 Å². The highest BCUT2D eigenvalue weighted by Crippen LogP contribution is 2.33. The predicted octanol–water partition coefficient (Wildman–Crippen LogP) is 2.16. The van der Waals surface area contributed by atoms with Gasteiger partial charge in [0.1, 0.15) is 0 Å². The molecule has 1 aromatic carbocycles. The first-order chi connectivity index (χ1) is 14.8. The van der Waals surface area contributed by atoms with E-state index in [9.17, 15) is 0 Å². The second-order valence-corrected chi connectivity index (χ2v) is 9.81. The second kappa shape index (κ2) is 10.8. The Bertz CT molecular complexity index is 677. The number of morpholine rings is 1. The molecule has 0 bridgehead atoms. The maximum Gasteiger partial charge on any atom is 0.191 e.